The molecule has 30 heavy (non-hydrogen) atoms. The highest BCUT2D eigenvalue weighted by atomic mass is 32.2. The zero-order valence-corrected chi connectivity index (χ0v) is 18.7. The van der Waals surface area contributed by atoms with Gasteiger partial charge < -0.3 is 9.47 Å². The number of aryl methyl sites for hydroxylation is 1. The zero-order chi connectivity index (χ0) is 22.5. The molecule has 0 bridgehead atoms. The summed E-state index contributed by atoms with van der Waals surface area (Å²) in [6.45, 7) is 8.17. The molecule has 0 N–H and O–H groups in total. The van der Waals surface area contributed by atoms with Gasteiger partial charge in [-0.05, 0) is 64.4 Å². The van der Waals surface area contributed by atoms with Crippen LogP contribution in [0.15, 0.2) is 53.4 Å². The molecule has 0 aliphatic rings. The highest BCUT2D eigenvalue weighted by Gasteiger charge is 2.27. The van der Waals surface area contributed by atoms with Crippen molar-refractivity contribution in [1.82, 2.24) is 0 Å². The van der Waals surface area contributed by atoms with E-state index in [1.807, 2.05) is 0 Å². The number of rotatable bonds is 7. The van der Waals surface area contributed by atoms with E-state index in [0.29, 0.717) is 11.3 Å². The molecule has 0 heterocycles. The molecule has 0 aliphatic carbocycles. The molecule has 0 spiro atoms. The summed E-state index contributed by atoms with van der Waals surface area (Å²) >= 11 is 0. The number of carbonyl (C=O) groups excluding carboxylic acids is 2. The minimum absolute atomic E-state index is 0.0000730. The summed E-state index contributed by atoms with van der Waals surface area (Å²) in [5, 5.41) is 0. The molecular weight excluding hydrogens is 406 g/mol. The van der Waals surface area contributed by atoms with Crippen molar-refractivity contribution in [2.24, 2.45) is 0 Å². The van der Waals surface area contributed by atoms with Gasteiger partial charge in [0.05, 0.1) is 16.1 Å². The SMILES string of the molecule is CCN(c1ccccc1)S(=O)(=O)c1cc(C(=O)OCC(=O)OC(C)(C)C)ccc1C. The Morgan fingerprint density at radius 1 is 1.03 bits per heavy atom. The van der Waals surface area contributed by atoms with Crippen LogP contribution < -0.4 is 4.31 Å². The number of nitrogens with zero attached hydrogens (tertiary/aromatic N) is 1. The zero-order valence-electron chi connectivity index (χ0n) is 17.8. The Balaban J connectivity index is 2.27. The molecule has 162 valence electrons. The first kappa shape index (κ1) is 23.4. The summed E-state index contributed by atoms with van der Waals surface area (Å²) in [4.78, 5) is 24.1. The lowest BCUT2D eigenvalue weighted by Gasteiger charge is -2.24. The lowest BCUT2D eigenvalue weighted by molar-refractivity contribution is -0.158. The van der Waals surface area contributed by atoms with Gasteiger partial charge >= 0.3 is 11.9 Å². The lowest BCUT2D eigenvalue weighted by atomic mass is 10.1. The highest BCUT2D eigenvalue weighted by Crippen LogP contribution is 2.26. The molecule has 0 unspecified atom stereocenters. The topological polar surface area (TPSA) is 90.0 Å². The maximum Gasteiger partial charge on any atom is 0.344 e. The molecule has 7 nitrogen and oxygen atoms in total. The second-order valence-corrected chi connectivity index (χ2v) is 9.48. The van der Waals surface area contributed by atoms with E-state index in [0.717, 1.165) is 0 Å². The van der Waals surface area contributed by atoms with E-state index in [9.17, 15) is 18.0 Å². The minimum Gasteiger partial charge on any atom is -0.457 e. The van der Waals surface area contributed by atoms with Crippen molar-refractivity contribution in [2.45, 2.75) is 45.1 Å². The van der Waals surface area contributed by atoms with Crippen LogP contribution in [0.4, 0.5) is 5.69 Å². The van der Waals surface area contributed by atoms with Crippen LogP contribution >= 0.6 is 0 Å². The number of ether oxygens (including phenoxy) is 2. The minimum atomic E-state index is -3.91. The largest absolute Gasteiger partial charge is 0.457 e. The van der Waals surface area contributed by atoms with Gasteiger partial charge in [0, 0.05) is 6.54 Å². The van der Waals surface area contributed by atoms with Gasteiger partial charge in [0.25, 0.3) is 10.0 Å². The van der Waals surface area contributed by atoms with E-state index in [1.165, 1.54) is 22.5 Å². The van der Waals surface area contributed by atoms with Crippen molar-refractivity contribution < 1.29 is 27.5 Å². The number of anilines is 1. The third-order valence-electron chi connectivity index (χ3n) is 4.06. The van der Waals surface area contributed by atoms with Gasteiger partial charge in [0.1, 0.15) is 5.60 Å². The van der Waals surface area contributed by atoms with E-state index in [4.69, 9.17) is 9.47 Å². The van der Waals surface area contributed by atoms with Crippen molar-refractivity contribution in [2.75, 3.05) is 17.5 Å². The first-order chi connectivity index (χ1) is 14.0. The predicted octanol–water partition coefficient (Wildman–Crippen LogP) is 3.71. The van der Waals surface area contributed by atoms with Gasteiger partial charge in [-0.3, -0.25) is 4.31 Å². The second kappa shape index (κ2) is 9.30. The molecule has 0 atom stereocenters. The summed E-state index contributed by atoms with van der Waals surface area (Å²) in [6, 6.07) is 13.0. The van der Waals surface area contributed by atoms with Crippen LogP contribution in [0.25, 0.3) is 0 Å². The average molecular weight is 434 g/mol. The molecule has 0 fully saturated rings. The summed E-state index contributed by atoms with van der Waals surface area (Å²) in [7, 11) is -3.91. The molecule has 8 heteroatoms. The van der Waals surface area contributed by atoms with Crippen LogP contribution in [0.1, 0.15) is 43.6 Å². The van der Waals surface area contributed by atoms with E-state index in [-0.39, 0.29) is 17.0 Å². The van der Waals surface area contributed by atoms with Crippen molar-refractivity contribution in [3.63, 3.8) is 0 Å². The van der Waals surface area contributed by atoms with Crippen LogP contribution in [-0.2, 0) is 24.3 Å². The summed E-state index contributed by atoms with van der Waals surface area (Å²) in [6.07, 6.45) is 0. The van der Waals surface area contributed by atoms with E-state index >= 15 is 0 Å². The summed E-state index contributed by atoms with van der Waals surface area (Å²) in [5.41, 5.74) is 0.354. The summed E-state index contributed by atoms with van der Waals surface area (Å²) < 4.78 is 37.9. The summed E-state index contributed by atoms with van der Waals surface area (Å²) in [5.74, 6) is -1.49. The predicted molar refractivity (Wildman–Crippen MR) is 114 cm³/mol. The fourth-order valence-electron chi connectivity index (χ4n) is 2.79. The third-order valence-corrected chi connectivity index (χ3v) is 6.11. The quantitative estimate of drug-likeness (QED) is 0.619. The Labute approximate surface area is 177 Å². The van der Waals surface area contributed by atoms with Gasteiger partial charge in [-0.15, -0.1) is 0 Å². The number of esters is 2. The number of sulfonamides is 1. The Morgan fingerprint density at radius 3 is 2.23 bits per heavy atom. The van der Waals surface area contributed by atoms with Crippen LogP contribution in [0, 0.1) is 6.92 Å². The maximum atomic E-state index is 13.3. The van der Waals surface area contributed by atoms with Crippen LogP contribution in [0.2, 0.25) is 0 Å². The van der Waals surface area contributed by atoms with Crippen molar-refractivity contribution >= 4 is 27.6 Å². The van der Waals surface area contributed by atoms with E-state index < -0.39 is 34.2 Å². The van der Waals surface area contributed by atoms with Crippen molar-refractivity contribution in [3.05, 3.63) is 59.7 Å². The average Bonchev–Trinajstić information content (AvgIpc) is 2.66. The lowest BCUT2D eigenvalue weighted by Crippen LogP contribution is -2.31. The molecule has 2 aromatic carbocycles. The first-order valence-electron chi connectivity index (χ1n) is 9.53. The number of carbonyl (C=O) groups is 2. The Morgan fingerprint density at radius 2 is 1.67 bits per heavy atom. The Bertz CT molecular complexity index is 1010. The standard InChI is InChI=1S/C22H27NO6S/c1-6-23(18-10-8-7-9-11-18)30(26,27)19-14-17(13-12-16(19)2)21(25)28-15-20(24)29-22(3,4)5/h7-14H,6,15H2,1-5H3. The third kappa shape index (κ3) is 5.82. The van der Waals surface area contributed by atoms with Crippen LogP contribution in [-0.4, -0.2) is 39.1 Å². The fourth-order valence-corrected chi connectivity index (χ4v) is 4.52. The Kier molecular flexibility index (Phi) is 7.25. The number of hydrogen-bond acceptors (Lipinski definition) is 6. The molecule has 0 saturated heterocycles. The van der Waals surface area contributed by atoms with Crippen LogP contribution in [0.5, 0.6) is 0 Å². The highest BCUT2D eigenvalue weighted by molar-refractivity contribution is 7.92. The molecule has 0 aromatic heterocycles. The number of hydrogen-bond donors (Lipinski definition) is 0. The van der Waals surface area contributed by atoms with Gasteiger partial charge in [-0.2, -0.15) is 0 Å². The molecule has 0 saturated carbocycles. The van der Waals surface area contributed by atoms with Crippen molar-refractivity contribution in [3.8, 4) is 0 Å². The first-order valence-corrected chi connectivity index (χ1v) is 11.0. The van der Waals surface area contributed by atoms with Crippen LogP contribution in [0.3, 0.4) is 0 Å². The fraction of sp³-hybridized carbons (Fsp3) is 0.364. The molecule has 2 aromatic rings. The second-order valence-electron chi connectivity index (χ2n) is 7.65. The number of benzene rings is 2. The van der Waals surface area contributed by atoms with E-state index in [1.54, 1.807) is 65.0 Å². The molecule has 0 radical (unpaired) electrons. The monoisotopic (exact) mass is 433 g/mol. The smallest absolute Gasteiger partial charge is 0.344 e. The molecule has 2 rings (SSSR count). The molecule has 0 amide bonds. The number of para-hydroxylation sites is 1. The van der Waals surface area contributed by atoms with Gasteiger partial charge in [-0.25, -0.2) is 18.0 Å². The normalized spacial score (nSPS) is 11.6. The molecule has 0 aliphatic heterocycles. The van der Waals surface area contributed by atoms with Gasteiger partial charge in [0.2, 0.25) is 0 Å². The molecular formula is C22H27NO6S. The maximum absolute atomic E-state index is 13.3. The van der Waals surface area contributed by atoms with Gasteiger partial charge in [0.15, 0.2) is 6.61 Å². The van der Waals surface area contributed by atoms with E-state index in [2.05, 4.69) is 0 Å². The Hall–Kier alpha value is -2.87. The van der Waals surface area contributed by atoms with Gasteiger partial charge in [-0.1, -0.05) is 24.3 Å². The van der Waals surface area contributed by atoms with Crippen molar-refractivity contribution in [1.29, 1.82) is 0 Å².